The Labute approximate surface area is 109 Å². The maximum Gasteiger partial charge on any atom is 0.0463 e. The predicted octanol–water partition coefficient (Wildman–Crippen LogP) is 5.59. The van der Waals surface area contributed by atoms with Crippen molar-refractivity contribution in [1.29, 1.82) is 0 Å². The van der Waals surface area contributed by atoms with Gasteiger partial charge in [0.2, 0.25) is 0 Å². The van der Waals surface area contributed by atoms with Gasteiger partial charge in [0.1, 0.15) is 0 Å². The molecule has 1 aromatic heterocycles. The molecule has 0 saturated heterocycles. The monoisotopic (exact) mass is 237 g/mol. The van der Waals surface area contributed by atoms with E-state index in [1.54, 1.807) is 0 Å². The lowest BCUT2D eigenvalue weighted by atomic mass is 9.88. The molecule has 2 unspecified atom stereocenters. The highest BCUT2D eigenvalue weighted by Gasteiger charge is 2.15. The molecule has 1 heterocycles. The fourth-order valence-electron chi connectivity index (χ4n) is 1.60. The average molecular weight is 237 g/mol. The second-order valence-electron chi connectivity index (χ2n) is 3.88. The number of aryl methyl sites for hydroxylation is 1. The summed E-state index contributed by atoms with van der Waals surface area (Å²) in [6, 6.07) is 4.14. The van der Waals surface area contributed by atoms with E-state index in [0.717, 1.165) is 0 Å². The Morgan fingerprint density at radius 1 is 1.12 bits per heavy atom. The van der Waals surface area contributed by atoms with E-state index in [4.69, 9.17) is 0 Å². The van der Waals surface area contributed by atoms with Gasteiger partial charge < -0.3 is 0 Å². The van der Waals surface area contributed by atoms with E-state index in [9.17, 15) is 0 Å². The standard InChI is InChI=1S/C12H19N.2C2H6/c1-5-9(2)11(4)12-10(3)7-6-8-13-12;2*1-2/h6-9,11H,5H2,1-4H3;2*1-2H3. The van der Waals surface area contributed by atoms with Crippen LogP contribution >= 0.6 is 0 Å². The first-order valence-electron chi connectivity index (χ1n) is 7.08. The summed E-state index contributed by atoms with van der Waals surface area (Å²) in [6.45, 7) is 16.9. The van der Waals surface area contributed by atoms with Crippen molar-refractivity contribution in [3.8, 4) is 0 Å². The van der Waals surface area contributed by atoms with E-state index in [-0.39, 0.29) is 0 Å². The summed E-state index contributed by atoms with van der Waals surface area (Å²) in [5, 5.41) is 0. The fraction of sp³-hybridized carbons (Fsp3) is 0.688. The third-order valence-electron chi connectivity index (χ3n) is 2.98. The molecule has 2 atom stereocenters. The number of rotatable bonds is 3. The Hall–Kier alpha value is -0.850. The molecule has 0 spiro atoms. The highest BCUT2D eigenvalue weighted by Crippen LogP contribution is 2.26. The van der Waals surface area contributed by atoms with Gasteiger partial charge in [-0.1, -0.05) is 61.0 Å². The van der Waals surface area contributed by atoms with Crippen molar-refractivity contribution in [3.63, 3.8) is 0 Å². The molecule has 1 rings (SSSR count). The van der Waals surface area contributed by atoms with Crippen molar-refractivity contribution in [2.45, 2.75) is 67.7 Å². The molecule has 0 bridgehead atoms. The van der Waals surface area contributed by atoms with Gasteiger partial charge in [-0.25, -0.2) is 0 Å². The minimum absolute atomic E-state index is 0.575. The van der Waals surface area contributed by atoms with Gasteiger partial charge in [0.25, 0.3) is 0 Å². The summed E-state index contributed by atoms with van der Waals surface area (Å²) in [5.41, 5.74) is 2.58. The highest BCUT2D eigenvalue weighted by molar-refractivity contribution is 5.21. The van der Waals surface area contributed by atoms with Crippen LogP contribution in [-0.2, 0) is 0 Å². The molecule has 0 aliphatic rings. The van der Waals surface area contributed by atoms with E-state index in [1.165, 1.54) is 17.7 Å². The maximum absolute atomic E-state index is 4.45. The molecule has 0 radical (unpaired) electrons. The number of aromatic nitrogens is 1. The van der Waals surface area contributed by atoms with E-state index in [2.05, 4.69) is 38.7 Å². The largest absolute Gasteiger partial charge is 0.261 e. The number of hydrogen-bond donors (Lipinski definition) is 0. The zero-order valence-corrected chi connectivity index (χ0v) is 13.0. The van der Waals surface area contributed by atoms with Crippen molar-refractivity contribution < 1.29 is 0 Å². The molecule has 0 aliphatic heterocycles. The Morgan fingerprint density at radius 2 is 1.65 bits per heavy atom. The molecular weight excluding hydrogens is 206 g/mol. The van der Waals surface area contributed by atoms with E-state index in [0.29, 0.717) is 11.8 Å². The second-order valence-corrected chi connectivity index (χ2v) is 3.88. The quantitative estimate of drug-likeness (QED) is 0.667. The Balaban J connectivity index is 0. The summed E-state index contributed by atoms with van der Waals surface area (Å²) in [4.78, 5) is 4.45. The van der Waals surface area contributed by atoms with Crippen molar-refractivity contribution in [2.75, 3.05) is 0 Å². The summed E-state index contributed by atoms with van der Waals surface area (Å²) in [7, 11) is 0. The van der Waals surface area contributed by atoms with Gasteiger partial charge in [-0.3, -0.25) is 4.98 Å². The number of pyridine rings is 1. The van der Waals surface area contributed by atoms with E-state index >= 15 is 0 Å². The third kappa shape index (κ3) is 6.45. The molecule has 0 aromatic carbocycles. The first kappa shape index (κ1) is 18.5. The maximum atomic E-state index is 4.45. The molecule has 1 nitrogen and oxygen atoms in total. The molecule has 0 saturated carbocycles. The minimum Gasteiger partial charge on any atom is -0.261 e. The summed E-state index contributed by atoms with van der Waals surface area (Å²) in [6.07, 6.45) is 3.11. The van der Waals surface area contributed by atoms with Gasteiger partial charge in [0.05, 0.1) is 0 Å². The van der Waals surface area contributed by atoms with Crippen LogP contribution < -0.4 is 0 Å². The van der Waals surface area contributed by atoms with Gasteiger partial charge in [-0.2, -0.15) is 0 Å². The van der Waals surface area contributed by atoms with Gasteiger partial charge in [0, 0.05) is 17.8 Å². The molecule has 1 heteroatoms. The van der Waals surface area contributed by atoms with Crippen LogP contribution in [0, 0.1) is 12.8 Å². The van der Waals surface area contributed by atoms with Crippen LogP contribution in [0.4, 0.5) is 0 Å². The van der Waals surface area contributed by atoms with E-state index in [1.807, 2.05) is 40.0 Å². The molecule has 0 amide bonds. The Morgan fingerprint density at radius 3 is 2.06 bits per heavy atom. The average Bonchev–Trinajstić information content (AvgIpc) is 2.42. The summed E-state index contributed by atoms with van der Waals surface area (Å²) < 4.78 is 0. The van der Waals surface area contributed by atoms with Crippen LogP contribution in [0.15, 0.2) is 18.3 Å². The molecular formula is C16H31N. The van der Waals surface area contributed by atoms with Gasteiger partial charge in [0.15, 0.2) is 0 Å². The molecule has 0 aliphatic carbocycles. The summed E-state index contributed by atoms with van der Waals surface area (Å²) in [5.74, 6) is 1.29. The Kier molecular flexibility index (Phi) is 12.7. The van der Waals surface area contributed by atoms with Crippen molar-refractivity contribution >= 4 is 0 Å². The van der Waals surface area contributed by atoms with Crippen LogP contribution in [0.1, 0.15) is 72.1 Å². The predicted molar refractivity (Wildman–Crippen MR) is 79.5 cm³/mol. The zero-order valence-electron chi connectivity index (χ0n) is 13.0. The topological polar surface area (TPSA) is 12.9 Å². The fourth-order valence-corrected chi connectivity index (χ4v) is 1.60. The van der Waals surface area contributed by atoms with Crippen LogP contribution in [0.2, 0.25) is 0 Å². The van der Waals surface area contributed by atoms with Crippen molar-refractivity contribution in [3.05, 3.63) is 29.6 Å². The van der Waals surface area contributed by atoms with E-state index < -0.39 is 0 Å². The normalized spacial score (nSPS) is 12.5. The molecule has 0 fully saturated rings. The van der Waals surface area contributed by atoms with Crippen LogP contribution in [0.5, 0.6) is 0 Å². The van der Waals surface area contributed by atoms with Crippen LogP contribution in [-0.4, -0.2) is 4.98 Å². The number of nitrogens with zero attached hydrogens (tertiary/aromatic N) is 1. The minimum atomic E-state index is 0.575. The lowest BCUT2D eigenvalue weighted by molar-refractivity contribution is 0.463. The smallest absolute Gasteiger partial charge is 0.0463 e. The lowest BCUT2D eigenvalue weighted by Gasteiger charge is -2.19. The SMILES string of the molecule is CC.CC.CCC(C)C(C)c1ncccc1C. The van der Waals surface area contributed by atoms with Gasteiger partial charge in [-0.15, -0.1) is 0 Å². The first-order chi connectivity index (χ1) is 8.16. The molecule has 1 aromatic rings. The highest BCUT2D eigenvalue weighted by atomic mass is 14.7. The molecule has 17 heavy (non-hydrogen) atoms. The molecule has 0 N–H and O–H groups in total. The van der Waals surface area contributed by atoms with Gasteiger partial charge in [-0.05, 0) is 24.5 Å². The van der Waals surface area contributed by atoms with Crippen LogP contribution in [0.3, 0.4) is 0 Å². The second kappa shape index (κ2) is 11.6. The van der Waals surface area contributed by atoms with Crippen molar-refractivity contribution in [1.82, 2.24) is 4.98 Å². The Bertz CT molecular complexity index is 268. The first-order valence-corrected chi connectivity index (χ1v) is 7.08. The lowest BCUT2D eigenvalue weighted by Crippen LogP contribution is -2.08. The van der Waals surface area contributed by atoms with Crippen molar-refractivity contribution in [2.24, 2.45) is 5.92 Å². The zero-order chi connectivity index (χ0) is 13.8. The van der Waals surface area contributed by atoms with Crippen LogP contribution in [0.25, 0.3) is 0 Å². The molecule has 100 valence electrons. The third-order valence-corrected chi connectivity index (χ3v) is 2.98. The summed E-state index contributed by atoms with van der Waals surface area (Å²) >= 11 is 0. The van der Waals surface area contributed by atoms with Gasteiger partial charge >= 0.3 is 0 Å². The number of hydrogen-bond acceptors (Lipinski definition) is 1.